The zero-order chi connectivity index (χ0) is 17.4. The van der Waals surface area contributed by atoms with E-state index < -0.39 is 5.63 Å². The van der Waals surface area contributed by atoms with Gasteiger partial charge in [0.25, 0.3) is 0 Å². The van der Waals surface area contributed by atoms with Gasteiger partial charge in [0.1, 0.15) is 11.3 Å². The molecule has 0 amide bonds. The van der Waals surface area contributed by atoms with Gasteiger partial charge in [0.2, 0.25) is 0 Å². The van der Waals surface area contributed by atoms with E-state index in [2.05, 4.69) is 4.90 Å². The normalized spacial score (nSPS) is 15.1. The topological polar surface area (TPSA) is 53.7 Å². The Labute approximate surface area is 150 Å². The predicted octanol–water partition coefficient (Wildman–Crippen LogP) is 4.41. The van der Waals surface area contributed by atoms with Crippen LogP contribution in [-0.2, 0) is 6.54 Å². The third-order valence-electron chi connectivity index (χ3n) is 4.72. The van der Waals surface area contributed by atoms with Gasteiger partial charge in [0.15, 0.2) is 0 Å². The molecule has 0 bridgehead atoms. The zero-order valence-electron chi connectivity index (χ0n) is 13.7. The quantitative estimate of drug-likeness (QED) is 0.707. The van der Waals surface area contributed by atoms with Crippen molar-refractivity contribution in [3.63, 3.8) is 0 Å². The summed E-state index contributed by atoms with van der Waals surface area (Å²) in [6, 6.07) is 12.8. The van der Waals surface area contributed by atoms with Crippen LogP contribution < -0.4 is 5.63 Å². The number of benzene rings is 2. The molecule has 0 spiro atoms. The van der Waals surface area contributed by atoms with Gasteiger partial charge in [0.05, 0.1) is 10.6 Å². The molecule has 2 heterocycles. The Morgan fingerprint density at radius 3 is 2.56 bits per heavy atom. The largest absolute Gasteiger partial charge is 0.506 e. The van der Waals surface area contributed by atoms with Gasteiger partial charge in [0, 0.05) is 18.0 Å². The van der Waals surface area contributed by atoms with Crippen molar-refractivity contribution in [2.45, 2.75) is 19.4 Å². The molecule has 5 heteroatoms. The first kappa shape index (κ1) is 16.2. The zero-order valence-corrected chi connectivity index (χ0v) is 14.4. The molecule has 128 valence electrons. The predicted molar refractivity (Wildman–Crippen MR) is 99.1 cm³/mol. The van der Waals surface area contributed by atoms with E-state index in [4.69, 9.17) is 16.0 Å². The number of fused-ring (bicyclic) bond motifs is 1. The van der Waals surface area contributed by atoms with E-state index in [1.54, 1.807) is 6.07 Å². The molecule has 1 fully saturated rings. The molecule has 1 aromatic heterocycles. The van der Waals surface area contributed by atoms with Crippen molar-refractivity contribution in [2.75, 3.05) is 13.1 Å². The lowest BCUT2D eigenvalue weighted by Gasteiger charge is -2.18. The lowest BCUT2D eigenvalue weighted by molar-refractivity contribution is 0.323. The molecule has 0 aliphatic carbocycles. The van der Waals surface area contributed by atoms with Crippen molar-refractivity contribution in [2.24, 2.45) is 0 Å². The molecule has 1 aliphatic heterocycles. The van der Waals surface area contributed by atoms with Crippen molar-refractivity contribution in [1.29, 1.82) is 0 Å². The van der Waals surface area contributed by atoms with Crippen LogP contribution in [0.2, 0.25) is 5.02 Å². The van der Waals surface area contributed by atoms with E-state index in [1.807, 2.05) is 30.3 Å². The molecule has 3 aromatic rings. The monoisotopic (exact) mass is 355 g/mol. The maximum atomic E-state index is 12.2. The fourth-order valence-corrected chi connectivity index (χ4v) is 3.71. The maximum Gasteiger partial charge on any atom is 0.336 e. The summed E-state index contributed by atoms with van der Waals surface area (Å²) in [6.07, 6.45) is 2.27. The van der Waals surface area contributed by atoms with Gasteiger partial charge in [-0.1, -0.05) is 41.9 Å². The molecule has 4 nitrogen and oxygen atoms in total. The van der Waals surface area contributed by atoms with E-state index >= 15 is 0 Å². The Bertz CT molecular complexity index is 976. The van der Waals surface area contributed by atoms with Crippen molar-refractivity contribution in [3.05, 3.63) is 63.5 Å². The molecular weight excluding hydrogens is 338 g/mol. The number of hydrogen-bond acceptors (Lipinski definition) is 4. The molecule has 0 saturated carbocycles. The van der Waals surface area contributed by atoms with Crippen LogP contribution in [0.1, 0.15) is 18.4 Å². The van der Waals surface area contributed by atoms with Crippen molar-refractivity contribution in [3.8, 4) is 16.9 Å². The number of nitrogens with zero attached hydrogens (tertiary/aromatic N) is 1. The van der Waals surface area contributed by atoms with Crippen LogP contribution >= 0.6 is 11.6 Å². The highest BCUT2D eigenvalue weighted by Crippen LogP contribution is 2.39. The van der Waals surface area contributed by atoms with Gasteiger partial charge in [-0.2, -0.15) is 0 Å². The number of hydrogen-bond donors (Lipinski definition) is 1. The van der Waals surface area contributed by atoms with Crippen LogP contribution in [0.15, 0.2) is 51.7 Å². The number of phenols is 1. The highest BCUT2D eigenvalue weighted by Gasteiger charge is 2.21. The minimum Gasteiger partial charge on any atom is -0.506 e. The van der Waals surface area contributed by atoms with E-state index in [-0.39, 0.29) is 10.8 Å². The van der Waals surface area contributed by atoms with E-state index in [0.29, 0.717) is 17.7 Å². The van der Waals surface area contributed by atoms with Crippen molar-refractivity contribution in [1.82, 2.24) is 4.90 Å². The molecule has 0 atom stereocenters. The molecule has 4 rings (SSSR count). The molecule has 1 aliphatic rings. The Balaban J connectivity index is 1.97. The lowest BCUT2D eigenvalue weighted by atomic mass is 9.99. The Kier molecular flexibility index (Phi) is 4.24. The highest BCUT2D eigenvalue weighted by atomic mass is 35.5. The second-order valence-corrected chi connectivity index (χ2v) is 6.80. The SMILES string of the molecule is O=c1cc(-c2ccccc2)c2cc(Cl)c(O)c(CN3CCCC3)c2o1. The fraction of sp³-hybridized carbons (Fsp3) is 0.250. The van der Waals surface area contributed by atoms with E-state index in [1.165, 1.54) is 6.07 Å². The molecule has 1 saturated heterocycles. The van der Waals surface area contributed by atoms with Crippen LogP contribution in [0, 0.1) is 0 Å². The smallest absolute Gasteiger partial charge is 0.336 e. The number of likely N-dealkylation sites (tertiary alicyclic amines) is 1. The Morgan fingerprint density at radius 1 is 1.12 bits per heavy atom. The third kappa shape index (κ3) is 3.03. The van der Waals surface area contributed by atoms with Crippen LogP contribution in [0.3, 0.4) is 0 Å². The fourth-order valence-electron chi connectivity index (χ4n) is 3.48. The van der Waals surface area contributed by atoms with Gasteiger partial charge >= 0.3 is 5.63 Å². The summed E-state index contributed by atoms with van der Waals surface area (Å²) in [5.41, 5.74) is 2.24. The van der Waals surface area contributed by atoms with Crippen LogP contribution in [0.4, 0.5) is 0 Å². The van der Waals surface area contributed by atoms with Crippen molar-refractivity contribution >= 4 is 22.6 Å². The number of aromatic hydroxyl groups is 1. The van der Waals surface area contributed by atoms with Crippen LogP contribution in [0.5, 0.6) is 5.75 Å². The minimum absolute atomic E-state index is 0.00516. The first-order valence-corrected chi connectivity index (χ1v) is 8.77. The second-order valence-electron chi connectivity index (χ2n) is 6.39. The third-order valence-corrected chi connectivity index (χ3v) is 5.01. The maximum absolute atomic E-state index is 12.2. The van der Waals surface area contributed by atoms with Gasteiger partial charge in [-0.3, -0.25) is 4.90 Å². The molecule has 25 heavy (non-hydrogen) atoms. The standard InChI is InChI=1S/C20H18ClNO3/c21-17-10-15-14(13-6-2-1-3-7-13)11-18(23)25-20(15)16(19(17)24)12-22-8-4-5-9-22/h1-3,6-7,10-11,24H,4-5,8-9,12H2. The summed E-state index contributed by atoms with van der Waals surface area (Å²) in [7, 11) is 0. The highest BCUT2D eigenvalue weighted by molar-refractivity contribution is 6.33. The van der Waals surface area contributed by atoms with Crippen molar-refractivity contribution < 1.29 is 9.52 Å². The van der Waals surface area contributed by atoms with Gasteiger partial charge in [-0.15, -0.1) is 0 Å². The molecule has 0 radical (unpaired) electrons. The average Bonchev–Trinajstić information content (AvgIpc) is 3.13. The first-order chi connectivity index (χ1) is 12.1. The molecule has 0 unspecified atom stereocenters. The molecule has 1 N–H and O–H groups in total. The summed E-state index contributed by atoms with van der Waals surface area (Å²) in [4.78, 5) is 14.4. The minimum atomic E-state index is -0.434. The summed E-state index contributed by atoms with van der Waals surface area (Å²) < 4.78 is 5.50. The average molecular weight is 356 g/mol. The molecular formula is C20H18ClNO3. The van der Waals surface area contributed by atoms with Gasteiger partial charge in [-0.25, -0.2) is 4.79 Å². The number of rotatable bonds is 3. The lowest BCUT2D eigenvalue weighted by Crippen LogP contribution is -2.19. The Hall–Kier alpha value is -2.30. The Morgan fingerprint density at radius 2 is 1.84 bits per heavy atom. The summed E-state index contributed by atoms with van der Waals surface area (Å²) in [5, 5.41) is 11.5. The van der Waals surface area contributed by atoms with Crippen LogP contribution in [-0.4, -0.2) is 23.1 Å². The number of phenolic OH excluding ortho intramolecular Hbond substituents is 1. The van der Waals surface area contributed by atoms with Gasteiger partial charge in [-0.05, 0) is 43.1 Å². The second kappa shape index (κ2) is 6.54. The van der Waals surface area contributed by atoms with E-state index in [9.17, 15) is 9.90 Å². The van der Waals surface area contributed by atoms with Crippen LogP contribution in [0.25, 0.3) is 22.1 Å². The molecule has 2 aromatic carbocycles. The summed E-state index contributed by atoms with van der Waals surface area (Å²) >= 11 is 6.29. The number of halogens is 1. The van der Waals surface area contributed by atoms with Gasteiger partial charge < -0.3 is 9.52 Å². The van der Waals surface area contributed by atoms with E-state index in [0.717, 1.165) is 42.4 Å². The summed E-state index contributed by atoms with van der Waals surface area (Å²) in [6.45, 7) is 2.45. The summed E-state index contributed by atoms with van der Waals surface area (Å²) in [5.74, 6) is -0.00516. The first-order valence-electron chi connectivity index (χ1n) is 8.39.